The fourth-order valence-electron chi connectivity index (χ4n) is 4.32. The number of nitrogens with zero attached hydrogens (tertiary/aromatic N) is 1. The Hall–Kier alpha value is -2.70. The number of benzene rings is 2. The van der Waals surface area contributed by atoms with E-state index >= 15 is 0 Å². The number of hydrogen-bond donors (Lipinski definition) is 2. The lowest BCUT2D eigenvalue weighted by molar-refractivity contribution is -0.143. The molecule has 0 unspecified atom stereocenters. The zero-order chi connectivity index (χ0) is 22.5. The summed E-state index contributed by atoms with van der Waals surface area (Å²) < 4.78 is 18.1. The molecule has 0 spiro atoms. The van der Waals surface area contributed by atoms with Crippen LogP contribution in [0.1, 0.15) is 43.7 Å². The van der Waals surface area contributed by atoms with Gasteiger partial charge in [-0.2, -0.15) is 0 Å². The molecule has 6 heteroatoms. The quantitative estimate of drug-likeness (QED) is 0.496. The molecule has 0 aromatic heterocycles. The largest absolute Gasteiger partial charge is 0.469 e. The average Bonchev–Trinajstić information content (AvgIpc) is 3.07. The standard InChI is InChI=1S/C25H30FNO4/c1-16(2)27-22-7-5-4-6-21(22)25(17-8-10-18(26)11-9-17)23(27)13-12-19(28)14-20(29)15-24(30)31-3/h4-13,16,19-20,23,25,28-29H,14-15H2,1-3H3/b13-12+/t19-,20+,23-,25+/m1/s1. The van der Waals surface area contributed by atoms with Crippen molar-refractivity contribution in [1.82, 2.24) is 0 Å². The smallest absolute Gasteiger partial charge is 0.308 e. The van der Waals surface area contributed by atoms with Gasteiger partial charge in [0.1, 0.15) is 5.82 Å². The average molecular weight is 428 g/mol. The van der Waals surface area contributed by atoms with Gasteiger partial charge in [-0.15, -0.1) is 0 Å². The number of ether oxygens (including phenoxy) is 1. The summed E-state index contributed by atoms with van der Waals surface area (Å²) in [5.74, 6) is -0.822. The molecule has 31 heavy (non-hydrogen) atoms. The number of aliphatic hydroxyl groups excluding tert-OH is 2. The van der Waals surface area contributed by atoms with Crippen LogP contribution in [0.4, 0.5) is 10.1 Å². The third-order valence-electron chi connectivity index (χ3n) is 5.67. The summed E-state index contributed by atoms with van der Waals surface area (Å²) in [4.78, 5) is 13.6. The molecule has 2 aromatic rings. The molecule has 0 amide bonds. The lowest BCUT2D eigenvalue weighted by Crippen LogP contribution is -2.38. The van der Waals surface area contributed by atoms with Crippen LogP contribution in [0.2, 0.25) is 0 Å². The lowest BCUT2D eigenvalue weighted by Gasteiger charge is -2.32. The molecule has 3 rings (SSSR count). The van der Waals surface area contributed by atoms with E-state index in [-0.39, 0.29) is 36.7 Å². The second kappa shape index (κ2) is 10.1. The van der Waals surface area contributed by atoms with E-state index in [0.29, 0.717) is 0 Å². The number of hydrogen-bond acceptors (Lipinski definition) is 5. The number of carbonyl (C=O) groups excluding carboxylic acids is 1. The molecule has 166 valence electrons. The van der Waals surface area contributed by atoms with Crippen molar-refractivity contribution in [3.05, 3.63) is 77.6 Å². The molecule has 1 aliphatic heterocycles. The predicted molar refractivity (Wildman–Crippen MR) is 118 cm³/mol. The second-order valence-corrected chi connectivity index (χ2v) is 8.20. The minimum atomic E-state index is -0.984. The molecule has 4 atom stereocenters. The monoisotopic (exact) mass is 427 g/mol. The topological polar surface area (TPSA) is 70.0 Å². The third kappa shape index (κ3) is 5.32. The number of esters is 1. The molecular formula is C25H30FNO4. The van der Waals surface area contributed by atoms with Gasteiger partial charge in [0.05, 0.1) is 31.8 Å². The van der Waals surface area contributed by atoms with E-state index in [0.717, 1.165) is 16.8 Å². The first-order chi connectivity index (χ1) is 14.8. The normalized spacial score (nSPS) is 20.2. The number of aliphatic hydroxyl groups is 2. The third-order valence-corrected chi connectivity index (χ3v) is 5.67. The lowest BCUT2D eigenvalue weighted by atomic mass is 9.87. The Morgan fingerprint density at radius 1 is 1.16 bits per heavy atom. The van der Waals surface area contributed by atoms with Gasteiger partial charge in [-0.1, -0.05) is 42.5 Å². The highest BCUT2D eigenvalue weighted by atomic mass is 19.1. The van der Waals surface area contributed by atoms with E-state index in [2.05, 4.69) is 35.6 Å². The van der Waals surface area contributed by atoms with E-state index in [9.17, 15) is 19.4 Å². The highest BCUT2D eigenvalue weighted by molar-refractivity contribution is 5.69. The van der Waals surface area contributed by atoms with Crippen LogP contribution in [0, 0.1) is 5.82 Å². The van der Waals surface area contributed by atoms with Crippen LogP contribution in [-0.4, -0.2) is 47.6 Å². The van der Waals surface area contributed by atoms with Crippen LogP contribution in [0.3, 0.4) is 0 Å². The van der Waals surface area contributed by atoms with Crippen molar-refractivity contribution in [1.29, 1.82) is 0 Å². The number of rotatable bonds is 8. The summed E-state index contributed by atoms with van der Waals surface area (Å²) in [7, 11) is 1.26. The van der Waals surface area contributed by atoms with Gasteiger partial charge in [0, 0.05) is 24.1 Å². The number of carbonyl (C=O) groups is 1. The fraction of sp³-hybridized carbons (Fsp3) is 0.400. The van der Waals surface area contributed by atoms with E-state index < -0.39 is 18.2 Å². The minimum Gasteiger partial charge on any atom is -0.469 e. The van der Waals surface area contributed by atoms with Crippen molar-refractivity contribution in [3.63, 3.8) is 0 Å². The molecule has 1 heterocycles. The Balaban J connectivity index is 1.88. The summed E-state index contributed by atoms with van der Waals surface area (Å²) >= 11 is 0. The Bertz CT molecular complexity index is 912. The van der Waals surface area contributed by atoms with Crippen LogP contribution in [0.15, 0.2) is 60.7 Å². The van der Waals surface area contributed by atoms with E-state index in [4.69, 9.17) is 0 Å². The minimum absolute atomic E-state index is 0.0253. The van der Waals surface area contributed by atoms with Crippen LogP contribution in [0.25, 0.3) is 0 Å². The van der Waals surface area contributed by atoms with Gasteiger partial charge in [0.2, 0.25) is 0 Å². The van der Waals surface area contributed by atoms with Crippen molar-refractivity contribution < 1.29 is 24.1 Å². The van der Waals surface area contributed by atoms with Crippen molar-refractivity contribution in [2.45, 2.75) is 56.9 Å². The van der Waals surface area contributed by atoms with Gasteiger partial charge in [-0.25, -0.2) is 4.39 Å². The molecule has 0 radical (unpaired) electrons. The maximum absolute atomic E-state index is 13.5. The van der Waals surface area contributed by atoms with Crippen molar-refractivity contribution in [2.24, 2.45) is 0 Å². The molecule has 2 aromatic carbocycles. The van der Waals surface area contributed by atoms with Crippen LogP contribution in [0.5, 0.6) is 0 Å². The van der Waals surface area contributed by atoms with Gasteiger partial charge in [0.15, 0.2) is 0 Å². The van der Waals surface area contributed by atoms with E-state index in [1.165, 1.54) is 19.2 Å². The molecule has 2 N–H and O–H groups in total. The Morgan fingerprint density at radius 3 is 2.48 bits per heavy atom. The van der Waals surface area contributed by atoms with Gasteiger partial charge in [-0.3, -0.25) is 4.79 Å². The zero-order valence-electron chi connectivity index (χ0n) is 18.1. The number of halogens is 1. The van der Waals surface area contributed by atoms with Crippen molar-refractivity contribution in [3.8, 4) is 0 Å². The van der Waals surface area contributed by atoms with Crippen LogP contribution in [-0.2, 0) is 9.53 Å². The van der Waals surface area contributed by atoms with Crippen molar-refractivity contribution >= 4 is 11.7 Å². The molecule has 0 fully saturated rings. The number of methoxy groups -OCH3 is 1. The molecule has 0 aliphatic carbocycles. The van der Waals surface area contributed by atoms with Crippen LogP contribution >= 0.6 is 0 Å². The SMILES string of the molecule is COC(=O)C[C@@H](O)C[C@H](O)/C=C/[C@@H]1[C@@H](c2ccc(F)cc2)c2ccccc2N1C(C)C. The maximum atomic E-state index is 13.5. The summed E-state index contributed by atoms with van der Waals surface area (Å²) in [6.45, 7) is 4.22. The van der Waals surface area contributed by atoms with Crippen LogP contribution < -0.4 is 4.90 Å². The summed E-state index contributed by atoms with van der Waals surface area (Å²) in [6.07, 6.45) is 1.60. The first-order valence-electron chi connectivity index (χ1n) is 10.6. The van der Waals surface area contributed by atoms with Gasteiger partial charge in [-0.05, 0) is 43.2 Å². The second-order valence-electron chi connectivity index (χ2n) is 8.20. The number of para-hydroxylation sites is 1. The summed E-state index contributed by atoms with van der Waals surface area (Å²) in [5, 5.41) is 20.4. The van der Waals surface area contributed by atoms with E-state index in [1.807, 2.05) is 18.2 Å². The molecule has 1 aliphatic rings. The fourth-order valence-corrected chi connectivity index (χ4v) is 4.32. The van der Waals surface area contributed by atoms with Gasteiger partial charge >= 0.3 is 5.97 Å². The Morgan fingerprint density at radius 2 is 1.84 bits per heavy atom. The molecule has 0 bridgehead atoms. The maximum Gasteiger partial charge on any atom is 0.308 e. The number of fused-ring (bicyclic) bond motifs is 1. The highest BCUT2D eigenvalue weighted by Gasteiger charge is 2.38. The van der Waals surface area contributed by atoms with E-state index in [1.54, 1.807) is 18.2 Å². The molecule has 0 saturated carbocycles. The predicted octanol–water partition coefficient (Wildman–Crippen LogP) is 3.79. The zero-order valence-corrected chi connectivity index (χ0v) is 18.1. The first kappa shape index (κ1) is 23.0. The molecule has 0 saturated heterocycles. The van der Waals surface area contributed by atoms with Gasteiger partial charge < -0.3 is 19.8 Å². The van der Waals surface area contributed by atoms with Crippen molar-refractivity contribution in [2.75, 3.05) is 12.0 Å². The molecule has 5 nitrogen and oxygen atoms in total. The Kier molecular flexibility index (Phi) is 7.46. The van der Waals surface area contributed by atoms with Gasteiger partial charge in [0.25, 0.3) is 0 Å². The highest BCUT2D eigenvalue weighted by Crippen LogP contribution is 2.46. The molecular weight excluding hydrogens is 397 g/mol. The summed E-state index contributed by atoms with van der Waals surface area (Å²) in [6, 6.07) is 14.8. The summed E-state index contributed by atoms with van der Waals surface area (Å²) in [5.41, 5.74) is 3.26. The Labute approximate surface area is 182 Å². The number of anilines is 1. The first-order valence-corrected chi connectivity index (χ1v) is 10.6.